The highest BCUT2D eigenvalue weighted by molar-refractivity contribution is 6.30. The number of alkyl halides is 1. The second-order valence-electron chi connectivity index (χ2n) is 5.69. The molecule has 0 radical (unpaired) electrons. The smallest absolute Gasteiger partial charge is 0.261 e. The van der Waals surface area contributed by atoms with Crippen LogP contribution in [0.4, 0.5) is 5.69 Å². The van der Waals surface area contributed by atoms with Gasteiger partial charge in [-0.3, -0.25) is 19.3 Å². The fourth-order valence-corrected chi connectivity index (χ4v) is 3.02. The Labute approximate surface area is 144 Å². The number of hydrogen-bond acceptors (Lipinski definition) is 3. The Morgan fingerprint density at radius 1 is 1.12 bits per heavy atom. The molecule has 1 aliphatic rings. The lowest BCUT2D eigenvalue weighted by atomic mass is 9.93. The van der Waals surface area contributed by atoms with Gasteiger partial charge in [0.1, 0.15) is 5.88 Å². The summed E-state index contributed by atoms with van der Waals surface area (Å²) in [4.78, 5) is 38.3. The van der Waals surface area contributed by atoms with E-state index < -0.39 is 0 Å². The van der Waals surface area contributed by atoms with E-state index in [9.17, 15) is 14.4 Å². The molecule has 0 unspecified atom stereocenters. The number of imide groups is 1. The Morgan fingerprint density at radius 2 is 1.83 bits per heavy atom. The van der Waals surface area contributed by atoms with Crippen LogP contribution >= 0.6 is 11.6 Å². The Hall–Kier alpha value is -2.40. The number of hydrogen-bond donors (Lipinski definition) is 1. The molecule has 124 valence electrons. The van der Waals surface area contributed by atoms with Crippen LogP contribution in [-0.2, 0) is 4.79 Å². The van der Waals surface area contributed by atoms with Crippen molar-refractivity contribution < 1.29 is 14.4 Å². The van der Waals surface area contributed by atoms with Crippen molar-refractivity contribution in [2.24, 2.45) is 0 Å². The first-order chi connectivity index (χ1) is 11.6. The van der Waals surface area contributed by atoms with Crippen LogP contribution in [0.2, 0.25) is 0 Å². The number of anilines is 1. The van der Waals surface area contributed by atoms with Crippen LogP contribution in [0.15, 0.2) is 30.3 Å². The number of unbranched alkanes of at least 4 members (excludes halogenated alkanes) is 1. The number of benzene rings is 2. The molecular weight excluding hydrogens is 328 g/mol. The normalized spacial score (nSPS) is 13.5. The molecule has 0 bridgehead atoms. The Kier molecular flexibility index (Phi) is 4.53. The van der Waals surface area contributed by atoms with E-state index in [0.717, 1.165) is 12.8 Å². The maximum atomic E-state index is 12.7. The van der Waals surface area contributed by atoms with Gasteiger partial charge < -0.3 is 5.32 Å². The van der Waals surface area contributed by atoms with E-state index >= 15 is 0 Å². The summed E-state index contributed by atoms with van der Waals surface area (Å²) in [6, 6.07) is 8.59. The van der Waals surface area contributed by atoms with E-state index in [1.807, 2.05) is 6.92 Å². The van der Waals surface area contributed by atoms with Gasteiger partial charge in [0.15, 0.2) is 0 Å². The largest absolute Gasteiger partial charge is 0.324 e. The number of halogens is 1. The van der Waals surface area contributed by atoms with Crippen LogP contribution in [-0.4, -0.2) is 35.0 Å². The quantitative estimate of drug-likeness (QED) is 0.667. The highest BCUT2D eigenvalue weighted by Gasteiger charge is 2.32. The third-order valence-electron chi connectivity index (χ3n) is 4.12. The maximum absolute atomic E-state index is 12.7. The average molecular weight is 345 g/mol. The Bertz CT molecular complexity index is 825. The third-order valence-corrected chi connectivity index (χ3v) is 4.37. The van der Waals surface area contributed by atoms with E-state index in [-0.39, 0.29) is 23.6 Å². The number of nitrogens with one attached hydrogen (secondary N) is 1. The lowest BCUT2D eigenvalue weighted by Gasteiger charge is -2.27. The van der Waals surface area contributed by atoms with Crippen molar-refractivity contribution in [3.8, 4) is 0 Å². The molecule has 0 aromatic heterocycles. The molecule has 0 saturated carbocycles. The maximum Gasteiger partial charge on any atom is 0.261 e. The molecule has 0 saturated heterocycles. The van der Waals surface area contributed by atoms with Crippen molar-refractivity contribution >= 4 is 45.8 Å². The minimum atomic E-state index is -0.338. The lowest BCUT2D eigenvalue weighted by molar-refractivity contribution is -0.113. The zero-order valence-electron chi connectivity index (χ0n) is 13.3. The van der Waals surface area contributed by atoms with E-state index in [1.165, 1.54) is 4.90 Å². The molecule has 0 aliphatic carbocycles. The van der Waals surface area contributed by atoms with Crippen molar-refractivity contribution in [3.05, 3.63) is 41.5 Å². The van der Waals surface area contributed by atoms with Crippen LogP contribution in [0.25, 0.3) is 10.8 Å². The van der Waals surface area contributed by atoms with Gasteiger partial charge in [-0.25, -0.2) is 0 Å². The van der Waals surface area contributed by atoms with E-state index in [4.69, 9.17) is 11.6 Å². The average Bonchev–Trinajstić information content (AvgIpc) is 2.60. The molecule has 24 heavy (non-hydrogen) atoms. The number of amides is 3. The van der Waals surface area contributed by atoms with E-state index in [1.54, 1.807) is 30.3 Å². The van der Waals surface area contributed by atoms with Crippen LogP contribution in [0.1, 0.15) is 40.5 Å². The summed E-state index contributed by atoms with van der Waals surface area (Å²) in [7, 11) is 0. The van der Waals surface area contributed by atoms with Gasteiger partial charge in [-0.05, 0) is 24.6 Å². The minimum absolute atomic E-state index is 0.161. The zero-order valence-corrected chi connectivity index (χ0v) is 14.0. The van der Waals surface area contributed by atoms with Crippen molar-refractivity contribution in [2.75, 3.05) is 17.7 Å². The summed E-state index contributed by atoms with van der Waals surface area (Å²) in [5.74, 6) is -1.07. The molecule has 0 fully saturated rings. The highest BCUT2D eigenvalue weighted by atomic mass is 35.5. The first-order valence-electron chi connectivity index (χ1n) is 7.86. The first kappa shape index (κ1) is 16.5. The van der Waals surface area contributed by atoms with Crippen molar-refractivity contribution in [1.29, 1.82) is 0 Å². The third kappa shape index (κ3) is 2.65. The minimum Gasteiger partial charge on any atom is -0.324 e. The predicted molar refractivity (Wildman–Crippen MR) is 93.6 cm³/mol. The van der Waals surface area contributed by atoms with Crippen molar-refractivity contribution in [2.45, 2.75) is 19.8 Å². The summed E-state index contributed by atoms with van der Waals surface area (Å²) in [6.07, 6.45) is 1.67. The summed E-state index contributed by atoms with van der Waals surface area (Å²) in [5, 5.41) is 3.96. The Morgan fingerprint density at radius 3 is 2.50 bits per heavy atom. The van der Waals surface area contributed by atoms with Crippen molar-refractivity contribution in [3.63, 3.8) is 0 Å². The van der Waals surface area contributed by atoms with Gasteiger partial charge in [-0.15, -0.1) is 11.6 Å². The molecule has 1 heterocycles. The fourth-order valence-electron chi connectivity index (χ4n) is 2.96. The summed E-state index contributed by atoms with van der Waals surface area (Å²) >= 11 is 5.54. The summed E-state index contributed by atoms with van der Waals surface area (Å²) < 4.78 is 0. The molecule has 3 amide bonds. The molecule has 2 aromatic carbocycles. The molecule has 1 aliphatic heterocycles. The van der Waals surface area contributed by atoms with Gasteiger partial charge in [0.25, 0.3) is 11.8 Å². The SMILES string of the molecule is CCCCN1C(=O)c2cccc3c(NC(=O)CCl)ccc(c23)C1=O. The van der Waals surface area contributed by atoms with E-state index in [0.29, 0.717) is 34.1 Å². The molecule has 6 heteroatoms. The molecule has 1 N–H and O–H groups in total. The summed E-state index contributed by atoms with van der Waals surface area (Å²) in [5.41, 5.74) is 1.52. The molecule has 2 aromatic rings. The number of carbonyl (C=O) groups excluding carboxylic acids is 3. The highest BCUT2D eigenvalue weighted by Crippen LogP contribution is 2.34. The topological polar surface area (TPSA) is 66.5 Å². The summed E-state index contributed by atoms with van der Waals surface area (Å²) in [6.45, 7) is 2.42. The standard InChI is InChI=1S/C18H17ClN2O3/c1-2-3-9-21-17(23)12-6-4-5-11-14(20-15(22)10-19)8-7-13(16(11)12)18(21)24/h4-8H,2-3,9-10H2,1H3,(H,20,22). The zero-order chi connectivity index (χ0) is 17.3. The molecule has 0 spiro atoms. The molecule has 3 rings (SSSR count). The second kappa shape index (κ2) is 6.61. The van der Waals surface area contributed by atoms with Gasteiger partial charge in [-0.2, -0.15) is 0 Å². The van der Waals surface area contributed by atoms with Crippen LogP contribution in [0.5, 0.6) is 0 Å². The Balaban J connectivity index is 2.15. The van der Waals surface area contributed by atoms with Crippen molar-refractivity contribution in [1.82, 2.24) is 4.90 Å². The van der Waals surface area contributed by atoms with Crippen LogP contribution < -0.4 is 5.32 Å². The van der Waals surface area contributed by atoms with E-state index in [2.05, 4.69) is 5.32 Å². The number of nitrogens with zero attached hydrogens (tertiary/aromatic N) is 1. The predicted octanol–water partition coefficient (Wildman–Crippen LogP) is 3.41. The lowest BCUT2D eigenvalue weighted by Crippen LogP contribution is -2.40. The van der Waals surface area contributed by atoms with Gasteiger partial charge >= 0.3 is 0 Å². The van der Waals surface area contributed by atoms with Gasteiger partial charge in [-0.1, -0.05) is 25.5 Å². The number of rotatable bonds is 5. The van der Waals surface area contributed by atoms with Crippen LogP contribution in [0.3, 0.4) is 0 Å². The van der Waals surface area contributed by atoms with Gasteiger partial charge in [0.2, 0.25) is 5.91 Å². The molecular formula is C18H17ClN2O3. The first-order valence-corrected chi connectivity index (χ1v) is 8.39. The second-order valence-corrected chi connectivity index (χ2v) is 5.95. The van der Waals surface area contributed by atoms with Gasteiger partial charge in [0.05, 0.1) is 0 Å². The van der Waals surface area contributed by atoms with Crippen LogP contribution in [0, 0.1) is 0 Å². The van der Waals surface area contributed by atoms with Gasteiger partial charge in [0, 0.05) is 34.1 Å². The molecule has 5 nitrogen and oxygen atoms in total. The fraction of sp³-hybridized carbons (Fsp3) is 0.278. The number of carbonyl (C=O) groups is 3. The monoisotopic (exact) mass is 344 g/mol. The molecule has 0 atom stereocenters.